The van der Waals surface area contributed by atoms with Crippen LogP contribution < -0.4 is 10.1 Å². The van der Waals surface area contributed by atoms with Crippen molar-refractivity contribution in [1.82, 2.24) is 5.32 Å². The molecule has 4 heteroatoms. The van der Waals surface area contributed by atoms with Crippen LogP contribution in [0.2, 0.25) is 0 Å². The average molecular weight is 251 g/mol. The molecule has 1 amide bonds. The van der Waals surface area contributed by atoms with Crippen LogP contribution in [0.4, 0.5) is 4.39 Å². The fourth-order valence-corrected chi connectivity index (χ4v) is 1.35. The molecule has 1 aromatic carbocycles. The van der Waals surface area contributed by atoms with Gasteiger partial charge in [-0.3, -0.25) is 4.79 Å². The topological polar surface area (TPSA) is 38.3 Å². The molecule has 0 saturated heterocycles. The second-order valence-electron chi connectivity index (χ2n) is 4.05. The monoisotopic (exact) mass is 251 g/mol. The van der Waals surface area contributed by atoms with E-state index in [-0.39, 0.29) is 17.7 Å². The first-order chi connectivity index (χ1) is 8.56. The van der Waals surface area contributed by atoms with Gasteiger partial charge in [-0.05, 0) is 37.1 Å². The first kappa shape index (κ1) is 14.2. The summed E-state index contributed by atoms with van der Waals surface area (Å²) in [7, 11) is 1.41. The number of ether oxygens (including phenoxy) is 1. The van der Waals surface area contributed by atoms with E-state index in [1.165, 1.54) is 25.3 Å². The number of benzene rings is 1. The molecule has 18 heavy (non-hydrogen) atoms. The largest absolute Gasteiger partial charge is 0.494 e. The minimum absolute atomic E-state index is 0.134. The third-order valence-corrected chi connectivity index (χ3v) is 2.60. The predicted molar refractivity (Wildman–Crippen MR) is 69.9 cm³/mol. The van der Waals surface area contributed by atoms with Crippen LogP contribution in [-0.4, -0.2) is 19.1 Å². The van der Waals surface area contributed by atoms with E-state index in [2.05, 4.69) is 5.32 Å². The molecular formula is C14H18FNO2. The Hall–Kier alpha value is -1.84. The Morgan fingerprint density at radius 1 is 1.56 bits per heavy atom. The molecule has 1 rings (SSSR count). The van der Waals surface area contributed by atoms with Gasteiger partial charge in [0.15, 0.2) is 11.6 Å². The maximum atomic E-state index is 13.4. The molecule has 0 unspecified atom stereocenters. The van der Waals surface area contributed by atoms with Gasteiger partial charge in [0.25, 0.3) is 0 Å². The molecule has 98 valence electrons. The standard InChI is InChI=1S/C14H18FNO2/c1-4-10(2)16-14(17)8-6-11-5-7-13(18-3)12(15)9-11/h5-10H,4H2,1-3H3,(H,16,17)/b8-6-/t10-/m0/s1. The van der Waals surface area contributed by atoms with Gasteiger partial charge in [0.05, 0.1) is 7.11 Å². The van der Waals surface area contributed by atoms with Crippen LogP contribution in [-0.2, 0) is 4.79 Å². The van der Waals surface area contributed by atoms with Crippen molar-refractivity contribution in [3.63, 3.8) is 0 Å². The number of methoxy groups -OCH3 is 1. The van der Waals surface area contributed by atoms with Crippen molar-refractivity contribution in [2.45, 2.75) is 26.3 Å². The second kappa shape index (κ2) is 6.79. The van der Waals surface area contributed by atoms with Crippen LogP contribution >= 0.6 is 0 Å². The zero-order valence-electron chi connectivity index (χ0n) is 10.9. The van der Waals surface area contributed by atoms with E-state index in [4.69, 9.17) is 4.74 Å². The highest BCUT2D eigenvalue weighted by molar-refractivity contribution is 5.91. The SMILES string of the molecule is CC[C@H](C)NC(=O)/C=C\c1ccc(OC)c(F)c1. The van der Waals surface area contributed by atoms with E-state index >= 15 is 0 Å². The Morgan fingerprint density at radius 2 is 2.28 bits per heavy atom. The Morgan fingerprint density at radius 3 is 2.83 bits per heavy atom. The van der Waals surface area contributed by atoms with Crippen LogP contribution in [0.3, 0.4) is 0 Å². The highest BCUT2D eigenvalue weighted by Gasteiger charge is 2.03. The first-order valence-corrected chi connectivity index (χ1v) is 5.89. The zero-order valence-corrected chi connectivity index (χ0v) is 10.9. The smallest absolute Gasteiger partial charge is 0.244 e. The zero-order chi connectivity index (χ0) is 13.5. The molecule has 0 aliphatic heterocycles. The molecule has 0 spiro atoms. The molecule has 0 aliphatic carbocycles. The molecule has 0 heterocycles. The lowest BCUT2D eigenvalue weighted by Crippen LogP contribution is -2.30. The maximum absolute atomic E-state index is 13.4. The van der Waals surface area contributed by atoms with Crippen molar-refractivity contribution in [3.05, 3.63) is 35.7 Å². The summed E-state index contributed by atoms with van der Waals surface area (Å²) in [6, 6.07) is 4.68. The van der Waals surface area contributed by atoms with E-state index < -0.39 is 5.82 Å². The summed E-state index contributed by atoms with van der Waals surface area (Å²) in [5.41, 5.74) is 0.618. The normalized spacial score (nSPS) is 12.4. The highest BCUT2D eigenvalue weighted by Crippen LogP contribution is 2.18. The summed E-state index contributed by atoms with van der Waals surface area (Å²) in [4.78, 5) is 11.5. The number of hydrogen-bond donors (Lipinski definition) is 1. The summed E-state index contributed by atoms with van der Waals surface area (Å²) in [5, 5.41) is 2.79. The third-order valence-electron chi connectivity index (χ3n) is 2.60. The fourth-order valence-electron chi connectivity index (χ4n) is 1.35. The van der Waals surface area contributed by atoms with E-state index in [0.29, 0.717) is 5.56 Å². The molecule has 1 N–H and O–H groups in total. The van der Waals surface area contributed by atoms with Crippen LogP contribution in [0.5, 0.6) is 5.75 Å². The van der Waals surface area contributed by atoms with E-state index in [0.717, 1.165) is 6.42 Å². The lowest BCUT2D eigenvalue weighted by atomic mass is 10.2. The summed E-state index contributed by atoms with van der Waals surface area (Å²) in [6.45, 7) is 3.92. The second-order valence-corrected chi connectivity index (χ2v) is 4.05. The average Bonchev–Trinajstić information content (AvgIpc) is 2.36. The van der Waals surface area contributed by atoms with Gasteiger partial charge >= 0.3 is 0 Å². The van der Waals surface area contributed by atoms with E-state index in [9.17, 15) is 9.18 Å². The summed E-state index contributed by atoms with van der Waals surface area (Å²) >= 11 is 0. The summed E-state index contributed by atoms with van der Waals surface area (Å²) in [6.07, 6.45) is 3.84. The van der Waals surface area contributed by atoms with Crippen LogP contribution in [0.15, 0.2) is 24.3 Å². The molecule has 1 atom stereocenters. The quantitative estimate of drug-likeness (QED) is 0.817. The molecule has 3 nitrogen and oxygen atoms in total. The number of rotatable bonds is 5. The number of hydrogen-bond acceptors (Lipinski definition) is 2. The molecule has 0 saturated carbocycles. The Bertz CT molecular complexity index is 443. The molecule has 0 radical (unpaired) electrons. The Balaban J connectivity index is 2.67. The molecular weight excluding hydrogens is 233 g/mol. The van der Waals surface area contributed by atoms with Crippen molar-refractivity contribution in [3.8, 4) is 5.75 Å². The number of halogens is 1. The molecule has 0 aromatic heterocycles. The van der Waals surface area contributed by atoms with Crippen molar-refractivity contribution in [2.24, 2.45) is 0 Å². The van der Waals surface area contributed by atoms with Gasteiger partial charge in [0, 0.05) is 12.1 Å². The number of carbonyl (C=O) groups is 1. The number of amides is 1. The van der Waals surface area contributed by atoms with Crippen molar-refractivity contribution < 1.29 is 13.9 Å². The first-order valence-electron chi connectivity index (χ1n) is 5.89. The van der Waals surface area contributed by atoms with Gasteiger partial charge < -0.3 is 10.1 Å². The van der Waals surface area contributed by atoms with Gasteiger partial charge in [-0.25, -0.2) is 4.39 Å². The van der Waals surface area contributed by atoms with Gasteiger partial charge in [-0.2, -0.15) is 0 Å². The highest BCUT2D eigenvalue weighted by atomic mass is 19.1. The maximum Gasteiger partial charge on any atom is 0.244 e. The third kappa shape index (κ3) is 4.20. The predicted octanol–water partition coefficient (Wildman–Crippen LogP) is 2.76. The lowest BCUT2D eigenvalue weighted by molar-refractivity contribution is -0.117. The van der Waals surface area contributed by atoms with Crippen LogP contribution in [0.1, 0.15) is 25.8 Å². The van der Waals surface area contributed by atoms with Crippen molar-refractivity contribution >= 4 is 12.0 Å². The van der Waals surface area contributed by atoms with Gasteiger partial charge in [0.2, 0.25) is 5.91 Å². The molecule has 1 aromatic rings. The molecule has 0 bridgehead atoms. The van der Waals surface area contributed by atoms with Crippen molar-refractivity contribution in [2.75, 3.05) is 7.11 Å². The Labute approximate surface area is 107 Å². The molecule has 0 aliphatic rings. The van der Waals surface area contributed by atoms with Gasteiger partial charge in [0.1, 0.15) is 0 Å². The van der Waals surface area contributed by atoms with Gasteiger partial charge in [-0.15, -0.1) is 0 Å². The number of nitrogens with one attached hydrogen (secondary N) is 1. The summed E-state index contributed by atoms with van der Waals surface area (Å²) in [5.74, 6) is -0.432. The molecule has 0 fully saturated rings. The number of carbonyl (C=O) groups excluding carboxylic acids is 1. The van der Waals surface area contributed by atoms with Crippen LogP contribution in [0.25, 0.3) is 6.08 Å². The van der Waals surface area contributed by atoms with Crippen molar-refractivity contribution in [1.29, 1.82) is 0 Å². The minimum Gasteiger partial charge on any atom is -0.494 e. The van der Waals surface area contributed by atoms with Gasteiger partial charge in [-0.1, -0.05) is 13.0 Å². The lowest BCUT2D eigenvalue weighted by Gasteiger charge is -2.08. The van der Waals surface area contributed by atoms with E-state index in [1.54, 1.807) is 12.1 Å². The fraction of sp³-hybridized carbons (Fsp3) is 0.357. The van der Waals surface area contributed by atoms with Crippen LogP contribution in [0, 0.1) is 5.82 Å². The van der Waals surface area contributed by atoms with E-state index in [1.807, 2.05) is 13.8 Å². The Kier molecular flexibility index (Phi) is 5.36. The summed E-state index contributed by atoms with van der Waals surface area (Å²) < 4.78 is 18.2. The minimum atomic E-state index is -0.443.